The van der Waals surface area contributed by atoms with Gasteiger partial charge in [0.25, 0.3) is 0 Å². The maximum atomic E-state index is 10.3. The number of hydrogen-bond acceptors (Lipinski definition) is 3. The first-order valence-corrected chi connectivity index (χ1v) is 5.82. The molecule has 0 fully saturated rings. The standard InChI is InChI=1S/C14H18O3/c1-16-12-7-11(8-13(9-12)17-2)14(15)10-5-3-4-6-10/h3,5,7-10,14-15H,4,6H2,1-2H3. The van der Waals surface area contributed by atoms with Gasteiger partial charge in [0.15, 0.2) is 0 Å². The maximum absolute atomic E-state index is 10.3. The molecule has 0 spiro atoms. The Morgan fingerprint density at radius 2 is 1.82 bits per heavy atom. The molecular formula is C14H18O3. The molecule has 1 aromatic rings. The fraction of sp³-hybridized carbons (Fsp3) is 0.429. The number of aliphatic hydroxyl groups excluding tert-OH is 1. The van der Waals surface area contributed by atoms with E-state index >= 15 is 0 Å². The van der Waals surface area contributed by atoms with Gasteiger partial charge in [0.05, 0.1) is 20.3 Å². The van der Waals surface area contributed by atoms with E-state index in [4.69, 9.17) is 9.47 Å². The SMILES string of the molecule is COc1cc(OC)cc(C(O)C2C=CCC2)c1. The van der Waals surface area contributed by atoms with Gasteiger partial charge in [-0.05, 0) is 30.5 Å². The Balaban J connectivity index is 2.26. The molecule has 92 valence electrons. The predicted octanol–water partition coefficient (Wildman–Crippen LogP) is 2.70. The van der Waals surface area contributed by atoms with Crippen LogP contribution in [0.5, 0.6) is 11.5 Å². The van der Waals surface area contributed by atoms with Crippen LogP contribution in [0.4, 0.5) is 0 Å². The van der Waals surface area contributed by atoms with E-state index in [1.165, 1.54) is 0 Å². The summed E-state index contributed by atoms with van der Waals surface area (Å²) in [5.41, 5.74) is 0.845. The second-order valence-corrected chi connectivity index (χ2v) is 4.26. The average molecular weight is 234 g/mol. The third-order valence-corrected chi connectivity index (χ3v) is 3.17. The van der Waals surface area contributed by atoms with Gasteiger partial charge in [-0.3, -0.25) is 0 Å². The summed E-state index contributed by atoms with van der Waals surface area (Å²) >= 11 is 0. The van der Waals surface area contributed by atoms with E-state index < -0.39 is 6.10 Å². The number of benzene rings is 1. The second-order valence-electron chi connectivity index (χ2n) is 4.26. The summed E-state index contributed by atoms with van der Waals surface area (Å²) in [5.74, 6) is 1.62. The van der Waals surface area contributed by atoms with Crippen LogP contribution in [0.15, 0.2) is 30.4 Å². The highest BCUT2D eigenvalue weighted by molar-refractivity contribution is 5.39. The Labute approximate surface area is 102 Å². The van der Waals surface area contributed by atoms with E-state index in [9.17, 15) is 5.11 Å². The Morgan fingerprint density at radius 1 is 1.18 bits per heavy atom. The first-order valence-electron chi connectivity index (χ1n) is 5.82. The highest BCUT2D eigenvalue weighted by atomic mass is 16.5. The van der Waals surface area contributed by atoms with Crippen LogP contribution < -0.4 is 9.47 Å². The zero-order valence-electron chi connectivity index (χ0n) is 10.2. The molecule has 1 aliphatic carbocycles. The van der Waals surface area contributed by atoms with Crippen LogP contribution in [0.1, 0.15) is 24.5 Å². The number of allylic oxidation sites excluding steroid dienone is 1. The van der Waals surface area contributed by atoms with Crippen molar-refractivity contribution in [1.82, 2.24) is 0 Å². The minimum absolute atomic E-state index is 0.201. The van der Waals surface area contributed by atoms with Gasteiger partial charge >= 0.3 is 0 Å². The zero-order chi connectivity index (χ0) is 12.3. The van der Waals surface area contributed by atoms with Gasteiger partial charge < -0.3 is 14.6 Å². The Kier molecular flexibility index (Phi) is 3.69. The highest BCUT2D eigenvalue weighted by Gasteiger charge is 2.21. The van der Waals surface area contributed by atoms with Crippen molar-refractivity contribution in [1.29, 1.82) is 0 Å². The minimum Gasteiger partial charge on any atom is -0.497 e. The monoisotopic (exact) mass is 234 g/mol. The first-order chi connectivity index (χ1) is 8.24. The van der Waals surface area contributed by atoms with Gasteiger partial charge in [-0.15, -0.1) is 0 Å². The third-order valence-electron chi connectivity index (χ3n) is 3.17. The summed E-state index contributed by atoms with van der Waals surface area (Å²) in [5, 5.41) is 10.3. The average Bonchev–Trinajstić information content (AvgIpc) is 2.91. The number of ether oxygens (including phenoxy) is 2. The Hall–Kier alpha value is -1.48. The van der Waals surface area contributed by atoms with Gasteiger partial charge in [0, 0.05) is 12.0 Å². The molecule has 0 saturated heterocycles. The predicted molar refractivity (Wildman–Crippen MR) is 66.4 cm³/mol. The van der Waals surface area contributed by atoms with Crippen molar-refractivity contribution in [2.45, 2.75) is 18.9 Å². The molecule has 1 N–H and O–H groups in total. The lowest BCUT2D eigenvalue weighted by atomic mass is 9.95. The summed E-state index contributed by atoms with van der Waals surface area (Å²) in [6.07, 6.45) is 5.75. The lowest BCUT2D eigenvalue weighted by Crippen LogP contribution is -2.08. The molecule has 0 amide bonds. The Bertz CT molecular complexity index is 390. The molecule has 17 heavy (non-hydrogen) atoms. The van der Waals surface area contributed by atoms with Crippen molar-refractivity contribution >= 4 is 0 Å². The molecule has 3 heteroatoms. The van der Waals surface area contributed by atoms with Crippen molar-refractivity contribution in [3.05, 3.63) is 35.9 Å². The van der Waals surface area contributed by atoms with Gasteiger partial charge in [-0.2, -0.15) is 0 Å². The smallest absolute Gasteiger partial charge is 0.122 e. The topological polar surface area (TPSA) is 38.7 Å². The summed E-state index contributed by atoms with van der Waals surface area (Å²) < 4.78 is 10.4. The molecule has 3 nitrogen and oxygen atoms in total. The van der Waals surface area contributed by atoms with Crippen LogP contribution in [0.25, 0.3) is 0 Å². The number of rotatable bonds is 4. The van der Waals surface area contributed by atoms with E-state index in [1.54, 1.807) is 20.3 Å². The molecular weight excluding hydrogens is 216 g/mol. The quantitative estimate of drug-likeness (QED) is 0.814. The van der Waals surface area contributed by atoms with Crippen LogP contribution in [0.3, 0.4) is 0 Å². The molecule has 0 aromatic heterocycles. The fourth-order valence-electron chi connectivity index (χ4n) is 2.17. The van der Waals surface area contributed by atoms with Crippen molar-refractivity contribution in [2.24, 2.45) is 5.92 Å². The van der Waals surface area contributed by atoms with Crippen molar-refractivity contribution in [3.8, 4) is 11.5 Å². The molecule has 0 aliphatic heterocycles. The van der Waals surface area contributed by atoms with Crippen LogP contribution in [0, 0.1) is 5.92 Å². The lowest BCUT2D eigenvalue weighted by Gasteiger charge is -2.18. The maximum Gasteiger partial charge on any atom is 0.122 e. The molecule has 0 heterocycles. The van der Waals surface area contributed by atoms with Crippen LogP contribution in [-0.4, -0.2) is 19.3 Å². The number of aliphatic hydroxyl groups is 1. The van der Waals surface area contributed by atoms with Crippen LogP contribution >= 0.6 is 0 Å². The largest absolute Gasteiger partial charge is 0.497 e. The molecule has 1 aliphatic rings. The lowest BCUT2D eigenvalue weighted by molar-refractivity contribution is 0.130. The van der Waals surface area contributed by atoms with Gasteiger partial charge in [-0.1, -0.05) is 12.2 Å². The van der Waals surface area contributed by atoms with Crippen molar-refractivity contribution in [3.63, 3.8) is 0 Å². The molecule has 0 bridgehead atoms. The van der Waals surface area contributed by atoms with Gasteiger partial charge in [-0.25, -0.2) is 0 Å². The third kappa shape index (κ3) is 2.61. The molecule has 2 rings (SSSR count). The highest BCUT2D eigenvalue weighted by Crippen LogP contribution is 2.34. The van der Waals surface area contributed by atoms with E-state index in [0.29, 0.717) is 11.5 Å². The summed E-state index contributed by atoms with van der Waals surface area (Å²) in [6, 6.07) is 5.53. The minimum atomic E-state index is -0.488. The van der Waals surface area contributed by atoms with Crippen molar-refractivity contribution < 1.29 is 14.6 Å². The van der Waals surface area contributed by atoms with Crippen LogP contribution in [-0.2, 0) is 0 Å². The molecule has 2 unspecified atom stereocenters. The molecule has 2 atom stereocenters. The summed E-state index contributed by atoms with van der Waals surface area (Å²) in [4.78, 5) is 0. The number of methoxy groups -OCH3 is 2. The van der Waals surface area contributed by atoms with E-state index in [2.05, 4.69) is 12.2 Å². The normalized spacial score (nSPS) is 20.3. The van der Waals surface area contributed by atoms with Gasteiger partial charge in [0.1, 0.15) is 11.5 Å². The molecule has 0 radical (unpaired) electrons. The first kappa shape index (κ1) is 12.0. The van der Waals surface area contributed by atoms with Crippen molar-refractivity contribution in [2.75, 3.05) is 14.2 Å². The summed E-state index contributed by atoms with van der Waals surface area (Å²) in [6.45, 7) is 0. The zero-order valence-corrected chi connectivity index (χ0v) is 10.2. The van der Waals surface area contributed by atoms with E-state index in [1.807, 2.05) is 12.1 Å². The van der Waals surface area contributed by atoms with Crippen LogP contribution in [0.2, 0.25) is 0 Å². The van der Waals surface area contributed by atoms with E-state index in [-0.39, 0.29) is 5.92 Å². The second kappa shape index (κ2) is 5.23. The van der Waals surface area contributed by atoms with E-state index in [0.717, 1.165) is 18.4 Å². The fourth-order valence-corrected chi connectivity index (χ4v) is 2.17. The van der Waals surface area contributed by atoms with Gasteiger partial charge in [0.2, 0.25) is 0 Å². The summed E-state index contributed by atoms with van der Waals surface area (Å²) in [7, 11) is 3.22. The number of hydrogen-bond donors (Lipinski definition) is 1. The Morgan fingerprint density at radius 3 is 2.29 bits per heavy atom. The molecule has 0 saturated carbocycles. The molecule has 1 aromatic carbocycles.